The molecule has 45 nitrogen and oxygen atoms in total. The van der Waals surface area contributed by atoms with Gasteiger partial charge in [0.15, 0.2) is 105 Å². The number of carbonyl (C=O) groups excluding carboxylic acids is 5. The van der Waals surface area contributed by atoms with Gasteiger partial charge >= 0.3 is 17.9 Å². The van der Waals surface area contributed by atoms with Crippen LogP contribution in [0.15, 0.2) is 92.3 Å². The Morgan fingerprint density at radius 2 is 0.671 bits per heavy atom. The van der Waals surface area contributed by atoms with Crippen LogP contribution in [0.5, 0.6) is 0 Å². The molecule has 12 aromatic rings. The second kappa shape index (κ2) is 46.4. The number of aliphatic hydroxyl groups is 2. The summed E-state index contributed by atoms with van der Waals surface area (Å²) in [5, 5.41) is 34.4. The lowest BCUT2D eigenvalue weighted by molar-refractivity contribution is -0.0432. The number of hydrogen-bond donors (Lipinski definition) is 7. The van der Waals surface area contributed by atoms with Crippen molar-refractivity contribution in [3.63, 3.8) is 0 Å². The molecular formula is C99H141IN26O19Si4. The van der Waals surface area contributed by atoms with Gasteiger partial charge in [0, 0.05) is 65.8 Å². The van der Waals surface area contributed by atoms with E-state index in [0.717, 1.165) is 37.8 Å². The van der Waals surface area contributed by atoms with Crippen molar-refractivity contribution in [2.75, 3.05) is 55.8 Å². The van der Waals surface area contributed by atoms with Crippen LogP contribution in [0.1, 0.15) is 258 Å². The zero-order valence-electron chi connectivity index (χ0n) is 89.7. The number of nitrogen functional groups attached to an aromatic ring is 3. The molecular weight excluding hydrogens is 2100 g/mol. The van der Waals surface area contributed by atoms with E-state index in [9.17, 15) is 34.2 Å². The molecule has 50 heteroatoms. The number of imidazole rings is 5. The monoisotopic (exact) mass is 2240 g/mol. The van der Waals surface area contributed by atoms with Crippen LogP contribution in [-0.2, 0) is 55.6 Å². The standard InChI is InChI=1S/C26H35N5O5Si.C19H19N5O6.C19H31N5O4Si.C18H28N6O2Si.C17H28IN5O2Si/c1-8-17-18(36-37(6,7)26(2,3)4)14-19(35-17)31-15-27-20-21(28-22(25(33)34-5)29-23(20)31)30-24(32)16-12-10-9-11-13-16;1-29-19(28)16-21-15(23-18(27)10-5-3-2-4-6-10)14-17(22-16)24(9-20-14)13-7-11(26)12(8-25)30-13;1-8-11-12(28-29(6,7)19(2,3)4)9-13(27-11)24-10-21-14-15(20)22-16(18(25)26-5)23-17(14)24;1-7-11-12(26-27(5,6)18(2,3)4)8-14(25-11)24-10-21-15-16(20)22-13(9-19)23-17(15)24;1-7-10-11(25-26(5,6)17(2,3)4)8-12(24-10)23-9-20-13-14(19)21-16(18)22-15(13)23/h9-13,15,17-19H,8,14H2,1-7H3,(H,28,29,30,32);2-6,9,11-13,25-26H,7-8H2,1H3,(H,21,22,23,27);10-13H,8-9H2,1-7H3,(H2,20,22,23);10-12,14H,7-8H2,1-6H3,(H2,20,22,23);9-12H,7-8H2,1-6H3,(H2,19,21,22)/t17-,18?,19-;11?,12-,13-;11-,12?,13-;11-,12?,14-;10-,11?,12-/m11111/s1. The maximum absolute atomic E-state index is 12.9. The van der Waals surface area contributed by atoms with Crippen LogP contribution < -0.4 is 27.8 Å². The van der Waals surface area contributed by atoms with Crippen LogP contribution in [0.2, 0.25) is 72.5 Å². The lowest BCUT2D eigenvalue weighted by Gasteiger charge is -2.39. The van der Waals surface area contributed by atoms with E-state index < -0.39 is 81.7 Å². The van der Waals surface area contributed by atoms with Crippen LogP contribution in [-0.4, -0.2) is 260 Å². The van der Waals surface area contributed by atoms with Crippen LogP contribution >= 0.6 is 22.6 Å². The molecule has 5 unspecified atom stereocenters. The van der Waals surface area contributed by atoms with Gasteiger partial charge in [-0.3, -0.25) is 32.4 Å². The first-order valence-corrected chi connectivity index (χ1v) is 62.6. The molecule has 15 atom stereocenters. The van der Waals surface area contributed by atoms with Crippen molar-refractivity contribution in [2.45, 2.75) is 333 Å². The second-order valence-electron chi connectivity index (χ2n) is 43.3. The van der Waals surface area contributed by atoms with Crippen LogP contribution in [0.25, 0.3) is 55.8 Å². The molecule has 2 aromatic carbocycles. The lowest BCUT2D eigenvalue weighted by Crippen LogP contribution is -2.45. The fraction of sp³-hybridized carbons (Fsp3) is 0.566. The Morgan fingerprint density at radius 1 is 0.403 bits per heavy atom. The largest absolute Gasteiger partial charge is 0.463 e. The van der Waals surface area contributed by atoms with Gasteiger partial charge in [0.1, 0.15) is 59.9 Å². The van der Waals surface area contributed by atoms with E-state index in [1.807, 2.05) is 21.3 Å². The Kier molecular flexibility index (Phi) is 35.7. The Hall–Kier alpha value is -11.4. The summed E-state index contributed by atoms with van der Waals surface area (Å²) in [5.41, 5.74) is 23.1. The smallest absolute Gasteiger partial charge is 0.376 e. The molecule has 5 saturated heterocycles. The average molecular weight is 2240 g/mol. The Labute approximate surface area is 883 Å². The van der Waals surface area contributed by atoms with Gasteiger partial charge in [-0.2, -0.15) is 15.2 Å². The van der Waals surface area contributed by atoms with E-state index in [0.29, 0.717) is 79.0 Å². The van der Waals surface area contributed by atoms with Gasteiger partial charge in [-0.15, -0.1) is 0 Å². The SMILES string of the molecule is CC[C@H]1O[C@@H](n2cnc3c(N)nc(C#N)nc32)CC1O[Si](C)(C)C(C)(C)C.CC[C@H]1O[C@@H](n2cnc3c(N)nc(C(=O)OC)nc32)CC1O[Si](C)(C)C(C)(C)C.CC[C@H]1O[C@@H](n2cnc3c(N)nc(I)nc32)CC1O[Si](C)(C)C(C)(C)C.CC[C@H]1O[C@@H](n2cnc3c(NC(=O)c4ccccc4)nc(C(=O)OC)nc32)CC1O[Si](C)(C)C(C)(C)C.COC(=O)c1nc(NC(=O)c2ccccc2)c2ncn([C@H]3CC(O)[C@@H](CO)O3)c2n1. The summed E-state index contributed by atoms with van der Waals surface area (Å²) in [5.74, 6) is -2.61. The molecule has 0 saturated carbocycles. The predicted molar refractivity (Wildman–Crippen MR) is 575 cm³/mol. The van der Waals surface area contributed by atoms with Gasteiger partial charge in [0.05, 0.1) is 115 Å². The second-order valence-corrected chi connectivity index (χ2v) is 63.2. The number of hydrogen-bond acceptors (Lipinski definition) is 38. The van der Waals surface area contributed by atoms with Gasteiger partial charge in [-0.1, -0.05) is 147 Å². The number of halogens is 1. The molecule has 804 valence electrons. The molecule has 10 N–H and O–H groups in total. The third-order valence-corrected chi connectivity index (χ3v) is 47.7. The summed E-state index contributed by atoms with van der Waals surface area (Å²) in [6.07, 6.45) is 11.0. The summed E-state index contributed by atoms with van der Waals surface area (Å²) in [7, 11) is -4.03. The predicted octanol–water partition coefficient (Wildman–Crippen LogP) is 16.2. The minimum atomic E-state index is -2.02. The van der Waals surface area contributed by atoms with Crippen molar-refractivity contribution in [2.24, 2.45) is 0 Å². The van der Waals surface area contributed by atoms with E-state index in [1.54, 1.807) is 89.0 Å². The molecule has 5 aliphatic rings. The van der Waals surface area contributed by atoms with Gasteiger partial charge in [0.25, 0.3) is 11.8 Å². The highest BCUT2D eigenvalue weighted by Gasteiger charge is 2.51. The van der Waals surface area contributed by atoms with E-state index in [1.165, 1.54) is 32.2 Å². The number of nitrogens with zero attached hydrogens (tertiary/aromatic N) is 21. The molecule has 5 aliphatic heterocycles. The van der Waals surface area contributed by atoms with Gasteiger partial charge in [-0.05, 0) is 122 Å². The number of methoxy groups -OCH3 is 3. The maximum atomic E-state index is 12.9. The molecule has 149 heavy (non-hydrogen) atoms. The van der Waals surface area contributed by atoms with E-state index in [2.05, 4.69) is 271 Å². The topological polar surface area (TPSA) is 580 Å². The first-order chi connectivity index (χ1) is 70.0. The normalized spacial score (nSPS) is 22.3. The van der Waals surface area contributed by atoms with E-state index in [4.69, 9.17) is 78.1 Å². The molecule has 0 bridgehead atoms. The number of anilines is 5. The fourth-order valence-electron chi connectivity index (χ4n) is 16.7. The minimum absolute atomic E-state index is 0.0104. The molecule has 17 rings (SSSR count). The highest BCUT2D eigenvalue weighted by atomic mass is 127. The molecule has 5 fully saturated rings. The number of esters is 3. The summed E-state index contributed by atoms with van der Waals surface area (Å²) in [6.45, 7) is 53.0. The fourth-order valence-corrected chi connectivity index (χ4v) is 22.6. The first kappa shape index (κ1) is 115. The summed E-state index contributed by atoms with van der Waals surface area (Å²) in [6, 6.07) is 19.2. The van der Waals surface area contributed by atoms with E-state index in [-0.39, 0.29) is 164 Å². The third kappa shape index (κ3) is 25.5. The summed E-state index contributed by atoms with van der Waals surface area (Å²) < 4.78 is 81.5. The number of nitrogens with one attached hydrogen (secondary N) is 2. The zero-order chi connectivity index (χ0) is 109. The molecule has 0 spiro atoms. The average Bonchev–Trinajstić information content (AvgIpc) is 1.61. The first-order valence-electron chi connectivity index (χ1n) is 49.8. The molecule has 0 radical (unpaired) electrons. The van der Waals surface area contributed by atoms with Crippen molar-refractivity contribution in [3.05, 3.63) is 131 Å². The minimum Gasteiger partial charge on any atom is -0.463 e. The van der Waals surface area contributed by atoms with Gasteiger partial charge < -0.3 is 93.6 Å². The number of nitriles is 1. The highest BCUT2D eigenvalue weighted by Crippen LogP contribution is 2.49. The highest BCUT2D eigenvalue weighted by molar-refractivity contribution is 14.1. The van der Waals surface area contributed by atoms with Crippen LogP contribution in [0.3, 0.4) is 0 Å². The maximum Gasteiger partial charge on any atom is 0.376 e. The molecule has 10 aromatic heterocycles. The number of fused-ring (bicyclic) bond motifs is 5. The number of rotatable bonds is 25. The molecule has 2 amide bonds. The van der Waals surface area contributed by atoms with Crippen molar-refractivity contribution in [1.82, 2.24) is 97.6 Å². The number of ether oxygens (including phenoxy) is 8. The summed E-state index contributed by atoms with van der Waals surface area (Å²) >= 11 is 2.07. The van der Waals surface area contributed by atoms with Crippen molar-refractivity contribution < 1.29 is 89.8 Å². The van der Waals surface area contributed by atoms with E-state index >= 15 is 0 Å². The number of nitrogens with two attached hydrogens (primary N) is 3. The molecule has 0 aliphatic carbocycles. The Bertz CT molecular complexity index is 6820. The van der Waals surface area contributed by atoms with Gasteiger partial charge in [0.2, 0.25) is 23.3 Å². The third-order valence-electron chi connectivity index (χ3n) is 29.2. The van der Waals surface area contributed by atoms with Crippen molar-refractivity contribution >= 4 is 170 Å². The summed E-state index contributed by atoms with van der Waals surface area (Å²) in [4.78, 5) is 126. The molecule has 15 heterocycles. The number of carbonyl (C=O) groups is 5. The van der Waals surface area contributed by atoms with Crippen molar-refractivity contribution in [3.8, 4) is 6.07 Å². The number of aromatic nitrogens is 20. The lowest BCUT2D eigenvalue weighted by atomic mass is 10.1. The van der Waals surface area contributed by atoms with Gasteiger partial charge in [-0.25, -0.2) is 79.2 Å². The Balaban J connectivity index is 0.000000156. The number of benzene rings is 2. The Morgan fingerprint density at radius 3 is 0.960 bits per heavy atom. The zero-order valence-corrected chi connectivity index (χ0v) is 95.9. The quantitative estimate of drug-likeness (QED) is 0.00918. The van der Waals surface area contributed by atoms with Crippen molar-refractivity contribution in [1.29, 1.82) is 5.26 Å². The number of aliphatic hydroxyl groups excluding tert-OH is 2. The van der Waals surface area contributed by atoms with Crippen LogP contribution in [0.4, 0.5) is 29.1 Å². The van der Waals surface area contributed by atoms with Crippen LogP contribution in [0, 0.1) is 15.2 Å². The number of amides is 2.